The molecule has 0 aliphatic carbocycles. The molecule has 1 nitrogen and oxygen atoms in total. The van der Waals surface area contributed by atoms with E-state index >= 15 is 0 Å². The second kappa shape index (κ2) is 4.84. The fourth-order valence-electron chi connectivity index (χ4n) is 0.277. The average Bonchev–Trinajstić information content (AvgIpc) is 1.98. The standard InChI is InChI=1S/C8H8ClN/c1-4-6-10-8(9)7(3)5-2/h2,4,6H,3H2,1H3/b6-4-,10-8?. The molecule has 0 bridgehead atoms. The van der Waals surface area contributed by atoms with Crippen molar-refractivity contribution in [3.8, 4) is 12.3 Å². The first-order valence-electron chi connectivity index (χ1n) is 2.72. The number of allylic oxidation sites excluding steroid dienone is 2. The Morgan fingerprint density at radius 2 is 2.40 bits per heavy atom. The minimum atomic E-state index is 0.264. The van der Waals surface area contributed by atoms with Crippen molar-refractivity contribution >= 4 is 16.8 Å². The summed E-state index contributed by atoms with van der Waals surface area (Å²) in [6, 6.07) is 0. The lowest BCUT2D eigenvalue weighted by Gasteiger charge is -1.88. The molecule has 0 radical (unpaired) electrons. The lowest BCUT2D eigenvalue weighted by Crippen LogP contribution is -1.86. The topological polar surface area (TPSA) is 12.4 Å². The number of nitrogens with zero attached hydrogens (tertiary/aromatic N) is 1. The summed E-state index contributed by atoms with van der Waals surface area (Å²) in [6.45, 7) is 5.33. The zero-order chi connectivity index (χ0) is 7.98. The fourth-order valence-corrected chi connectivity index (χ4v) is 0.388. The van der Waals surface area contributed by atoms with Gasteiger partial charge in [-0.15, -0.1) is 6.42 Å². The Bertz CT molecular complexity index is 218. The summed E-state index contributed by atoms with van der Waals surface area (Å²) in [4.78, 5) is 3.77. The molecule has 2 heteroatoms. The molecular weight excluding hydrogens is 146 g/mol. The highest BCUT2D eigenvalue weighted by Gasteiger charge is 1.92. The second-order valence-electron chi connectivity index (χ2n) is 1.53. The van der Waals surface area contributed by atoms with Crippen LogP contribution in [0, 0.1) is 12.3 Å². The van der Waals surface area contributed by atoms with Crippen LogP contribution in [0.15, 0.2) is 29.4 Å². The first-order chi connectivity index (χ1) is 4.72. The summed E-state index contributed by atoms with van der Waals surface area (Å²) in [5.41, 5.74) is 0.403. The molecular formula is C8H8ClN. The van der Waals surface area contributed by atoms with Gasteiger partial charge in [-0.05, 0) is 6.92 Å². The van der Waals surface area contributed by atoms with E-state index in [1.807, 2.05) is 6.92 Å². The molecule has 0 amide bonds. The minimum absolute atomic E-state index is 0.264. The maximum absolute atomic E-state index is 5.57. The number of hydrogen-bond acceptors (Lipinski definition) is 1. The van der Waals surface area contributed by atoms with Gasteiger partial charge < -0.3 is 0 Å². The number of halogens is 1. The molecule has 0 saturated carbocycles. The molecule has 52 valence electrons. The van der Waals surface area contributed by atoms with Gasteiger partial charge >= 0.3 is 0 Å². The molecule has 0 N–H and O–H groups in total. The summed E-state index contributed by atoms with van der Waals surface area (Å²) in [5.74, 6) is 2.28. The van der Waals surface area contributed by atoms with E-state index in [1.54, 1.807) is 12.3 Å². The molecule has 0 spiro atoms. The average molecular weight is 154 g/mol. The molecule has 0 aromatic heterocycles. The summed E-state index contributed by atoms with van der Waals surface area (Å²) in [7, 11) is 0. The van der Waals surface area contributed by atoms with Crippen molar-refractivity contribution in [3.05, 3.63) is 24.4 Å². The highest BCUT2D eigenvalue weighted by atomic mass is 35.5. The van der Waals surface area contributed by atoms with Gasteiger partial charge in [0, 0.05) is 6.20 Å². The van der Waals surface area contributed by atoms with Crippen LogP contribution in [0.5, 0.6) is 0 Å². The molecule has 0 aliphatic rings. The molecule has 0 fully saturated rings. The number of rotatable bonds is 2. The van der Waals surface area contributed by atoms with E-state index in [1.165, 1.54) is 0 Å². The number of hydrogen-bond donors (Lipinski definition) is 0. The van der Waals surface area contributed by atoms with E-state index in [-0.39, 0.29) is 5.17 Å². The van der Waals surface area contributed by atoms with Crippen molar-refractivity contribution in [1.82, 2.24) is 0 Å². The van der Waals surface area contributed by atoms with E-state index in [0.717, 1.165) is 0 Å². The monoisotopic (exact) mass is 153 g/mol. The van der Waals surface area contributed by atoms with Crippen LogP contribution in [0.4, 0.5) is 0 Å². The molecule has 0 saturated heterocycles. The third-order valence-electron chi connectivity index (χ3n) is 0.760. The van der Waals surface area contributed by atoms with Crippen molar-refractivity contribution in [2.45, 2.75) is 6.92 Å². The predicted molar refractivity (Wildman–Crippen MR) is 46.1 cm³/mol. The van der Waals surface area contributed by atoms with E-state index < -0.39 is 0 Å². The third-order valence-corrected chi connectivity index (χ3v) is 1.09. The van der Waals surface area contributed by atoms with Gasteiger partial charge in [-0.3, -0.25) is 0 Å². The van der Waals surface area contributed by atoms with Gasteiger partial charge in [0.1, 0.15) is 5.17 Å². The SMILES string of the molecule is C#CC(=C)C(Cl)=N/C=C\C. The maximum Gasteiger partial charge on any atom is 0.143 e. The van der Waals surface area contributed by atoms with Crippen molar-refractivity contribution in [3.63, 3.8) is 0 Å². The molecule has 0 unspecified atom stereocenters. The molecule has 0 aromatic carbocycles. The Morgan fingerprint density at radius 3 is 2.80 bits per heavy atom. The van der Waals surface area contributed by atoms with Crippen LogP contribution in [0.25, 0.3) is 0 Å². The quantitative estimate of drug-likeness (QED) is 0.427. The molecule has 0 aromatic rings. The number of terminal acetylenes is 1. The first-order valence-corrected chi connectivity index (χ1v) is 3.10. The van der Waals surface area contributed by atoms with Crippen LogP contribution in [-0.2, 0) is 0 Å². The van der Waals surface area contributed by atoms with E-state index in [2.05, 4.69) is 17.5 Å². The van der Waals surface area contributed by atoms with Crippen molar-refractivity contribution in [1.29, 1.82) is 0 Å². The van der Waals surface area contributed by atoms with Gasteiger partial charge in [0.25, 0.3) is 0 Å². The number of aliphatic imine (C=N–C) groups is 1. The zero-order valence-corrected chi connectivity index (χ0v) is 6.52. The summed E-state index contributed by atoms with van der Waals surface area (Å²) >= 11 is 5.57. The molecule has 0 aliphatic heterocycles. The van der Waals surface area contributed by atoms with Crippen molar-refractivity contribution in [2.75, 3.05) is 0 Å². The van der Waals surface area contributed by atoms with E-state index in [9.17, 15) is 0 Å². The van der Waals surface area contributed by atoms with Gasteiger partial charge in [-0.1, -0.05) is 30.2 Å². The van der Waals surface area contributed by atoms with Crippen LogP contribution in [0.2, 0.25) is 0 Å². The third kappa shape index (κ3) is 3.11. The zero-order valence-electron chi connectivity index (χ0n) is 5.76. The van der Waals surface area contributed by atoms with Gasteiger partial charge in [0.2, 0.25) is 0 Å². The Kier molecular flexibility index (Phi) is 4.36. The predicted octanol–water partition coefficient (Wildman–Crippen LogP) is 2.35. The van der Waals surface area contributed by atoms with Gasteiger partial charge in [-0.25, -0.2) is 4.99 Å². The molecule has 0 rings (SSSR count). The highest BCUT2D eigenvalue weighted by Crippen LogP contribution is 1.98. The normalized spacial score (nSPS) is 11.5. The Balaban J connectivity index is 4.23. The van der Waals surface area contributed by atoms with Crippen LogP contribution in [-0.4, -0.2) is 5.17 Å². The lowest BCUT2D eigenvalue weighted by molar-refractivity contribution is 1.54. The Morgan fingerprint density at radius 1 is 1.80 bits per heavy atom. The summed E-state index contributed by atoms with van der Waals surface area (Å²) < 4.78 is 0. The van der Waals surface area contributed by atoms with Gasteiger partial charge in [0.05, 0.1) is 5.57 Å². The smallest absolute Gasteiger partial charge is 0.143 e. The van der Waals surface area contributed by atoms with E-state index in [4.69, 9.17) is 18.0 Å². The van der Waals surface area contributed by atoms with Gasteiger partial charge in [-0.2, -0.15) is 0 Å². The van der Waals surface area contributed by atoms with Gasteiger partial charge in [0.15, 0.2) is 0 Å². The Labute approximate surface area is 66.1 Å². The minimum Gasteiger partial charge on any atom is -0.244 e. The maximum atomic E-state index is 5.57. The summed E-state index contributed by atoms with van der Waals surface area (Å²) in [6.07, 6.45) is 8.32. The molecule has 10 heavy (non-hydrogen) atoms. The first kappa shape index (κ1) is 9.00. The van der Waals surface area contributed by atoms with Crippen LogP contribution < -0.4 is 0 Å². The lowest BCUT2D eigenvalue weighted by atomic mass is 10.3. The Hall–Kier alpha value is -1.00. The van der Waals surface area contributed by atoms with Crippen molar-refractivity contribution in [2.24, 2.45) is 4.99 Å². The molecule has 0 atom stereocenters. The fraction of sp³-hybridized carbons (Fsp3) is 0.125. The molecule has 0 heterocycles. The second-order valence-corrected chi connectivity index (χ2v) is 1.88. The summed E-state index contributed by atoms with van der Waals surface area (Å²) in [5, 5.41) is 0.264. The highest BCUT2D eigenvalue weighted by molar-refractivity contribution is 6.70. The van der Waals surface area contributed by atoms with Crippen molar-refractivity contribution < 1.29 is 0 Å². The largest absolute Gasteiger partial charge is 0.244 e. The van der Waals surface area contributed by atoms with E-state index in [0.29, 0.717) is 5.57 Å². The van der Waals surface area contributed by atoms with Crippen LogP contribution >= 0.6 is 11.6 Å². The van der Waals surface area contributed by atoms with Crippen LogP contribution in [0.1, 0.15) is 6.92 Å². The van der Waals surface area contributed by atoms with Crippen LogP contribution in [0.3, 0.4) is 0 Å².